The van der Waals surface area contributed by atoms with Crippen LogP contribution in [0.2, 0.25) is 0 Å². The van der Waals surface area contributed by atoms with Crippen molar-refractivity contribution in [3.05, 3.63) is 29.1 Å². The lowest BCUT2D eigenvalue weighted by Gasteiger charge is -2.09. The molecule has 0 aliphatic carbocycles. The van der Waals surface area contributed by atoms with Crippen LogP contribution in [0.4, 0.5) is 5.69 Å². The summed E-state index contributed by atoms with van der Waals surface area (Å²) in [6.07, 6.45) is 0. The predicted octanol–water partition coefficient (Wildman–Crippen LogP) is 0.774. The van der Waals surface area contributed by atoms with Crippen LogP contribution in [0.3, 0.4) is 0 Å². The van der Waals surface area contributed by atoms with Crippen LogP contribution in [-0.2, 0) is 0 Å². The Labute approximate surface area is 96.9 Å². The van der Waals surface area contributed by atoms with Crippen LogP contribution in [0.15, 0.2) is 12.1 Å². The molecule has 1 amide bonds. The van der Waals surface area contributed by atoms with Crippen molar-refractivity contribution in [2.24, 2.45) is 0 Å². The van der Waals surface area contributed by atoms with Gasteiger partial charge in [-0.05, 0) is 30.7 Å². The molecule has 0 spiro atoms. The summed E-state index contributed by atoms with van der Waals surface area (Å²) in [6, 6.07) is 3.43. The zero-order chi connectivity index (χ0) is 12.4. The van der Waals surface area contributed by atoms with Gasteiger partial charge in [-0.25, -0.2) is 0 Å². The fourth-order valence-corrected chi connectivity index (χ4v) is 1.41. The quantitative estimate of drug-likeness (QED) is 0.710. The van der Waals surface area contributed by atoms with Gasteiger partial charge in [0.25, 0.3) is 11.7 Å². The van der Waals surface area contributed by atoms with Gasteiger partial charge in [-0.1, -0.05) is 6.07 Å². The molecule has 0 unspecified atom stereocenters. The summed E-state index contributed by atoms with van der Waals surface area (Å²) in [5, 5.41) is 24.9. The van der Waals surface area contributed by atoms with E-state index in [1.807, 2.05) is 0 Å². The third-order valence-corrected chi connectivity index (χ3v) is 2.43. The average molecular weight is 233 g/mol. The number of aromatic nitrogens is 4. The molecule has 0 saturated heterocycles. The van der Waals surface area contributed by atoms with E-state index in [0.29, 0.717) is 11.3 Å². The second kappa shape index (κ2) is 4.20. The summed E-state index contributed by atoms with van der Waals surface area (Å²) >= 11 is 0. The molecule has 0 atom stereocenters. The molecule has 1 aromatic carbocycles. The van der Waals surface area contributed by atoms with E-state index < -0.39 is 5.91 Å². The number of hydrogen-bond donors (Lipinski definition) is 3. The van der Waals surface area contributed by atoms with Crippen molar-refractivity contribution in [1.29, 1.82) is 0 Å². The topological polar surface area (TPSA) is 104 Å². The third-order valence-electron chi connectivity index (χ3n) is 2.43. The first kappa shape index (κ1) is 11.1. The second-order valence-corrected chi connectivity index (χ2v) is 3.59. The first-order valence-electron chi connectivity index (χ1n) is 4.93. The highest BCUT2D eigenvalue weighted by molar-refractivity contribution is 6.01. The molecule has 0 radical (unpaired) electrons. The number of nitrogens with one attached hydrogen (secondary N) is 2. The van der Waals surface area contributed by atoms with Crippen LogP contribution in [0, 0.1) is 13.8 Å². The van der Waals surface area contributed by atoms with Gasteiger partial charge in [-0.2, -0.15) is 5.21 Å². The van der Waals surface area contributed by atoms with Crippen molar-refractivity contribution in [1.82, 2.24) is 20.6 Å². The largest absolute Gasteiger partial charge is 0.507 e. The number of phenolic OH excluding ortho intramolecular Hbond substituents is 1. The van der Waals surface area contributed by atoms with Crippen LogP contribution < -0.4 is 5.32 Å². The number of phenols is 1. The monoisotopic (exact) mass is 233 g/mol. The molecule has 17 heavy (non-hydrogen) atoms. The number of rotatable bonds is 2. The molecule has 2 rings (SSSR count). The van der Waals surface area contributed by atoms with Crippen molar-refractivity contribution < 1.29 is 9.90 Å². The van der Waals surface area contributed by atoms with Gasteiger partial charge in [-0.15, -0.1) is 10.2 Å². The number of carbonyl (C=O) groups excluding carboxylic acids is 1. The standard InChI is InChI=1S/C10H11N5O2/c1-5-3-4-7(6(2)8(5)16)11-10(17)9-12-14-15-13-9/h3-4,16H,1-2H3,(H,11,17)(H,12,13,14,15). The lowest BCUT2D eigenvalue weighted by Crippen LogP contribution is -2.14. The molecule has 0 fully saturated rings. The van der Waals surface area contributed by atoms with Crippen LogP contribution in [-0.4, -0.2) is 31.6 Å². The number of nitrogens with zero attached hydrogens (tertiary/aromatic N) is 3. The lowest BCUT2D eigenvalue weighted by molar-refractivity contribution is 0.101. The Kier molecular flexibility index (Phi) is 2.73. The fourth-order valence-electron chi connectivity index (χ4n) is 1.41. The van der Waals surface area contributed by atoms with Crippen molar-refractivity contribution in [3.63, 3.8) is 0 Å². The van der Waals surface area contributed by atoms with Crippen LogP contribution >= 0.6 is 0 Å². The summed E-state index contributed by atoms with van der Waals surface area (Å²) in [4.78, 5) is 11.6. The van der Waals surface area contributed by atoms with E-state index in [1.54, 1.807) is 26.0 Å². The number of aromatic hydroxyl groups is 1. The number of anilines is 1. The van der Waals surface area contributed by atoms with E-state index in [4.69, 9.17) is 0 Å². The summed E-state index contributed by atoms with van der Waals surface area (Å²) in [6.45, 7) is 3.50. The first-order chi connectivity index (χ1) is 8.09. The fraction of sp³-hybridized carbons (Fsp3) is 0.200. The number of amides is 1. The van der Waals surface area contributed by atoms with E-state index in [2.05, 4.69) is 25.9 Å². The molecule has 7 heteroatoms. The minimum absolute atomic E-state index is 0.0514. The lowest BCUT2D eigenvalue weighted by atomic mass is 10.1. The number of carbonyl (C=O) groups is 1. The number of aryl methyl sites for hydroxylation is 1. The molecule has 3 N–H and O–H groups in total. The zero-order valence-electron chi connectivity index (χ0n) is 9.35. The van der Waals surface area contributed by atoms with Gasteiger partial charge >= 0.3 is 0 Å². The highest BCUT2D eigenvalue weighted by atomic mass is 16.3. The smallest absolute Gasteiger partial charge is 0.297 e. The maximum absolute atomic E-state index is 11.6. The first-order valence-corrected chi connectivity index (χ1v) is 4.93. The van der Waals surface area contributed by atoms with Crippen LogP contribution in [0.1, 0.15) is 21.7 Å². The Morgan fingerprint density at radius 1 is 1.41 bits per heavy atom. The number of tetrazole rings is 1. The van der Waals surface area contributed by atoms with Crippen molar-refractivity contribution in [2.45, 2.75) is 13.8 Å². The molecule has 0 aliphatic rings. The SMILES string of the molecule is Cc1ccc(NC(=O)c2nn[nH]n2)c(C)c1O. The van der Waals surface area contributed by atoms with Gasteiger partial charge in [0.15, 0.2) is 0 Å². The summed E-state index contributed by atoms with van der Waals surface area (Å²) in [5.74, 6) is -0.370. The minimum atomic E-state index is -0.481. The van der Waals surface area contributed by atoms with Crippen molar-refractivity contribution in [2.75, 3.05) is 5.32 Å². The van der Waals surface area contributed by atoms with Gasteiger partial charge in [-0.3, -0.25) is 4.79 Å². The number of H-pyrrole nitrogens is 1. The molecule has 0 aliphatic heterocycles. The van der Waals surface area contributed by atoms with Crippen molar-refractivity contribution >= 4 is 11.6 Å². The van der Waals surface area contributed by atoms with Crippen LogP contribution in [0.5, 0.6) is 5.75 Å². The second-order valence-electron chi connectivity index (χ2n) is 3.59. The number of benzene rings is 1. The molecule has 1 aromatic heterocycles. The van der Waals surface area contributed by atoms with Gasteiger partial charge < -0.3 is 10.4 Å². The molecule has 2 aromatic rings. The van der Waals surface area contributed by atoms with E-state index >= 15 is 0 Å². The molecular formula is C10H11N5O2. The Balaban J connectivity index is 2.25. The highest BCUT2D eigenvalue weighted by Gasteiger charge is 2.13. The Morgan fingerprint density at radius 2 is 2.18 bits per heavy atom. The predicted molar refractivity (Wildman–Crippen MR) is 59.7 cm³/mol. The Bertz CT molecular complexity index is 550. The van der Waals surface area contributed by atoms with E-state index in [1.165, 1.54) is 0 Å². The maximum atomic E-state index is 11.6. The summed E-state index contributed by atoms with van der Waals surface area (Å²) in [5.41, 5.74) is 1.87. The van der Waals surface area contributed by atoms with Crippen molar-refractivity contribution in [3.8, 4) is 5.75 Å². The third kappa shape index (κ3) is 2.07. The highest BCUT2D eigenvalue weighted by Crippen LogP contribution is 2.28. The molecule has 1 heterocycles. The normalized spacial score (nSPS) is 10.2. The number of hydrogen-bond acceptors (Lipinski definition) is 5. The van der Waals surface area contributed by atoms with Gasteiger partial charge in [0, 0.05) is 11.3 Å². The molecule has 0 saturated carbocycles. The molecule has 88 valence electrons. The number of aromatic amines is 1. The van der Waals surface area contributed by atoms with Gasteiger partial charge in [0.1, 0.15) is 5.75 Å². The molecule has 7 nitrogen and oxygen atoms in total. The minimum Gasteiger partial charge on any atom is -0.507 e. The summed E-state index contributed by atoms with van der Waals surface area (Å²) < 4.78 is 0. The van der Waals surface area contributed by atoms with E-state index in [9.17, 15) is 9.90 Å². The molecule has 0 bridgehead atoms. The zero-order valence-corrected chi connectivity index (χ0v) is 9.35. The van der Waals surface area contributed by atoms with E-state index in [-0.39, 0.29) is 11.6 Å². The average Bonchev–Trinajstić information content (AvgIpc) is 2.83. The van der Waals surface area contributed by atoms with Gasteiger partial charge in [0.05, 0.1) is 0 Å². The van der Waals surface area contributed by atoms with Crippen LogP contribution in [0.25, 0.3) is 0 Å². The Morgan fingerprint density at radius 3 is 2.82 bits per heavy atom. The van der Waals surface area contributed by atoms with Gasteiger partial charge in [0.2, 0.25) is 0 Å². The van der Waals surface area contributed by atoms with E-state index in [0.717, 1.165) is 5.56 Å². The summed E-state index contributed by atoms with van der Waals surface area (Å²) in [7, 11) is 0. The molecular weight excluding hydrogens is 222 g/mol. The Hall–Kier alpha value is -2.44. The maximum Gasteiger partial charge on any atom is 0.297 e.